The van der Waals surface area contributed by atoms with Crippen LogP contribution in [0, 0.1) is 5.82 Å². The van der Waals surface area contributed by atoms with Crippen molar-refractivity contribution in [3.63, 3.8) is 0 Å². The third kappa shape index (κ3) is 5.56. The Labute approximate surface area is 216 Å². The summed E-state index contributed by atoms with van der Waals surface area (Å²) in [6, 6.07) is 19.4. The lowest BCUT2D eigenvalue weighted by atomic mass is 10.1. The molecule has 0 aliphatic carbocycles. The normalized spacial score (nSPS) is 11.1. The lowest BCUT2D eigenvalue weighted by Crippen LogP contribution is -2.23. The monoisotopic (exact) mass is 517 g/mol. The fraction of sp³-hybridized carbons (Fsp3) is 0.111. The maximum absolute atomic E-state index is 13.4. The number of hydrogen-bond acceptors (Lipinski definition) is 5. The van der Waals surface area contributed by atoms with Gasteiger partial charge >= 0.3 is 0 Å². The zero-order valence-corrected chi connectivity index (χ0v) is 20.6. The number of imidazole rings is 1. The molecule has 0 radical (unpaired) electrons. The molecule has 0 aliphatic rings. The van der Waals surface area contributed by atoms with E-state index in [4.69, 9.17) is 16.6 Å². The second-order valence-electron chi connectivity index (χ2n) is 8.07. The maximum Gasteiger partial charge on any atom is 0.251 e. The average Bonchev–Trinajstić information content (AvgIpc) is 3.25. The number of pyridine rings is 2. The van der Waals surface area contributed by atoms with Gasteiger partial charge in [-0.2, -0.15) is 0 Å². The van der Waals surface area contributed by atoms with Crippen LogP contribution in [0.3, 0.4) is 0 Å². The summed E-state index contributed by atoms with van der Waals surface area (Å²) in [4.78, 5) is 25.8. The van der Waals surface area contributed by atoms with Crippen molar-refractivity contribution in [1.82, 2.24) is 24.8 Å². The third-order valence-corrected chi connectivity index (χ3v) is 6.98. The Morgan fingerprint density at radius 1 is 1.06 bits per heavy atom. The van der Waals surface area contributed by atoms with Gasteiger partial charge in [0.1, 0.15) is 5.82 Å². The van der Waals surface area contributed by atoms with Crippen molar-refractivity contribution in [3.05, 3.63) is 119 Å². The van der Waals surface area contributed by atoms with E-state index in [1.807, 2.05) is 48.5 Å². The number of nitrogens with one attached hydrogen (secondary N) is 1. The SMILES string of the molecule is O=C(NCc1ccccn1)c1ccc(Cn2c(SCc3ccc(F)cc3Cl)nc3ccncc32)cc1. The molecule has 0 bridgehead atoms. The lowest BCUT2D eigenvalue weighted by Gasteiger charge is -2.11. The predicted molar refractivity (Wildman–Crippen MR) is 139 cm³/mol. The highest BCUT2D eigenvalue weighted by molar-refractivity contribution is 7.98. The van der Waals surface area contributed by atoms with Crippen LogP contribution in [0.4, 0.5) is 4.39 Å². The van der Waals surface area contributed by atoms with Gasteiger partial charge < -0.3 is 9.88 Å². The minimum absolute atomic E-state index is 0.156. The van der Waals surface area contributed by atoms with Gasteiger partial charge in [-0.15, -0.1) is 0 Å². The molecule has 5 aromatic rings. The Hall–Kier alpha value is -3.75. The van der Waals surface area contributed by atoms with Crippen LogP contribution in [0.5, 0.6) is 0 Å². The summed E-state index contributed by atoms with van der Waals surface area (Å²) < 4.78 is 15.5. The molecule has 1 amide bonds. The Morgan fingerprint density at radius 2 is 1.92 bits per heavy atom. The second kappa shape index (κ2) is 10.9. The average molecular weight is 518 g/mol. The van der Waals surface area contributed by atoms with Gasteiger partial charge in [-0.05, 0) is 53.6 Å². The molecular formula is C27H21ClFN5OS. The number of rotatable bonds is 8. The zero-order valence-electron chi connectivity index (χ0n) is 19.1. The van der Waals surface area contributed by atoms with Crippen LogP contribution < -0.4 is 5.32 Å². The number of aromatic nitrogens is 4. The molecule has 36 heavy (non-hydrogen) atoms. The maximum atomic E-state index is 13.4. The van der Waals surface area contributed by atoms with Crippen molar-refractivity contribution in [1.29, 1.82) is 0 Å². The van der Waals surface area contributed by atoms with Crippen molar-refractivity contribution in [2.75, 3.05) is 0 Å². The zero-order chi connectivity index (χ0) is 24.9. The van der Waals surface area contributed by atoms with Gasteiger partial charge in [0.2, 0.25) is 0 Å². The summed E-state index contributed by atoms with van der Waals surface area (Å²) in [6.45, 7) is 0.922. The Bertz CT molecular complexity index is 1510. The lowest BCUT2D eigenvalue weighted by molar-refractivity contribution is 0.0950. The highest BCUT2D eigenvalue weighted by Crippen LogP contribution is 2.30. The van der Waals surface area contributed by atoms with Crippen molar-refractivity contribution < 1.29 is 9.18 Å². The number of carbonyl (C=O) groups is 1. The molecule has 0 saturated heterocycles. The van der Waals surface area contributed by atoms with Crippen LogP contribution in [0.25, 0.3) is 11.0 Å². The fourth-order valence-corrected chi connectivity index (χ4v) is 5.04. The fourth-order valence-electron chi connectivity index (χ4n) is 3.71. The highest BCUT2D eigenvalue weighted by Gasteiger charge is 2.14. The molecule has 0 saturated carbocycles. The number of hydrogen-bond donors (Lipinski definition) is 1. The van der Waals surface area contributed by atoms with E-state index in [1.54, 1.807) is 24.7 Å². The molecule has 3 heterocycles. The van der Waals surface area contributed by atoms with Gasteiger partial charge in [-0.1, -0.05) is 47.6 Å². The first-order chi connectivity index (χ1) is 17.6. The second-order valence-corrected chi connectivity index (χ2v) is 9.42. The summed E-state index contributed by atoms with van der Waals surface area (Å²) in [5.74, 6) is 0.0310. The van der Waals surface area contributed by atoms with E-state index in [-0.39, 0.29) is 11.7 Å². The molecule has 3 aromatic heterocycles. The molecule has 0 spiro atoms. The van der Waals surface area contributed by atoms with E-state index in [0.717, 1.165) is 33.0 Å². The summed E-state index contributed by atoms with van der Waals surface area (Å²) in [5, 5.41) is 4.09. The molecule has 2 aromatic carbocycles. The minimum atomic E-state index is -0.360. The van der Waals surface area contributed by atoms with Gasteiger partial charge in [0, 0.05) is 28.7 Å². The summed E-state index contributed by atoms with van der Waals surface area (Å²) >= 11 is 7.74. The predicted octanol–water partition coefficient (Wildman–Crippen LogP) is 5.89. The van der Waals surface area contributed by atoms with Crippen molar-refractivity contribution >= 4 is 40.3 Å². The first kappa shape index (κ1) is 24.0. The number of carbonyl (C=O) groups excluding carboxylic acids is 1. The van der Waals surface area contributed by atoms with Gasteiger partial charge in [0.05, 0.1) is 36.0 Å². The number of amides is 1. The number of nitrogens with zero attached hydrogens (tertiary/aromatic N) is 4. The number of halogens is 2. The molecule has 0 unspecified atom stereocenters. The molecule has 5 rings (SSSR count). The van der Waals surface area contributed by atoms with E-state index in [2.05, 4.69) is 19.9 Å². The topological polar surface area (TPSA) is 72.7 Å². The number of thioether (sulfide) groups is 1. The van der Waals surface area contributed by atoms with E-state index in [0.29, 0.717) is 29.4 Å². The first-order valence-electron chi connectivity index (χ1n) is 11.2. The largest absolute Gasteiger partial charge is 0.346 e. The van der Waals surface area contributed by atoms with Gasteiger partial charge in [0.15, 0.2) is 5.16 Å². The van der Waals surface area contributed by atoms with Crippen LogP contribution >= 0.6 is 23.4 Å². The highest BCUT2D eigenvalue weighted by atomic mass is 35.5. The van der Waals surface area contributed by atoms with Crippen LogP contribution in [-0.2, 0) is 18.8 Å². The molecule has 9 heteroatoms. The van der Waals surface area contributed by atoms with Gasteiger partial charge in [0.25, 0.3) is 5.91 Å². The van der Waals surface area contributed by atoms with E-state index >= 15 is 0 Å². The summed E-state index contributed by atoms with van der Waals surface area (Å²) in [5.41, 5.74) is 4.97. The van der Waals surface area contributed by atoms with Crippen molar-refractivity contribution in [3.8, 4) is 0 Å². The molecule has 1 N–H and O–H groups in total. The van der Waals surface area contributed by atoms with Gasteiger partial charge in [-0.3, -0.25) is 14.8 Å². The van der Waals surface area contributed by atoms with Crippen LogP contribution in [0.2, 0.25) is 5.02 Å². The summed E-state index contributed by atoms with van der Waals surface area (Å²) in [7, 11) is 0. The third-order valence-electron chi connectivity index (χ3n) is 5.60. The van der Waals surface area contributed by atoms with Gasteiger partial charge in [-0.25, -0.2) is 9.37 Å². The molecule has 6 nitrogen and oxygen atoms in total. The minimum Gasteiger partial charge on any atom is -0.346 e. The Kier molecular flexibility index (Phi) is 7.25. The summed E-state index contributed by atoms with van der Waals surface area (Å²) in [6.07, 6.45) is 5.20. The van der Waals surface area contributed by atoms with Crippen LogP contribution in [0.1, 0.15) is 27.2 Å². The Balaban J connectivity index is 1.32. The molecular weight excluding hydrogens is 497 g/mol. The Morgan fingerprint density at radius 3 is 2.69 bits per heavy atom. The smallest absolute Gasteiger partial charge is 0.251 e. The molecule has 0 fully saturated rings. The number of fused-ring (bicyclic) bond motifs is 1. The van der Waals surface area contributed by atoms with E-state index < -0.39 is 0 Å². The first-order valence-corrected chi connectivity index (χ1v) is 12.6. The molecule has 180 valence electrons. The van der Waals surface area contributed by atoms with Crippen molar-refractivity contribution in [2.45, 2.75) is 24.0 Å². The van der Waals surface area contributed by atoms with Crippen molar-refractivity contribution in [2.24, 2.45) is 0 Å². The van der Waals surface area contributed by atoms with Crippen LogP contribution in [-0.4, -0.2) is 25.4 Å². The quantitative estimate of drug-likeness (QED) is 0.260. The molecule has 0 atom stereocenters. The van der Waals surface area contributed by atoms with Crippen LogP contribution in [0.15, 0.2) is 90.5 Å². The standard InChI is InChI=1S/C27H21ClFN5OS/c28-23-13-21(29)9-8-20(23)17-36-27-33-24-10-12-30-15-25(24)34(27)16-18-4-6-19(7-5-18)26(35)32-14-22-3-1-2-11-31-22/h1-13,15H,14,16-17H2,(H,32,35). The number of benzene rings is 2. The van der Waals surface area contributed by atoms with E-state index in [9.17, 15) is 9.18 Å². The van der Waals surface area contributed by atoms with E-state index in [1.165, 1.54) is 23.9 Å². The molecule has 0 aliphatic heterocycles.